The second-order valence-electron chi connectivity index (χ2n) is 4.81. The molecule has 2 rings (SSSR count). The number of nitriles is 1. The van der Waals surface area contributed by atoms with Crippen molar-refractivity contribution in [3.8, 4) is 6.07 Å². The van der Waals surface area contributed by atoms with Crippen LogP contribution in [0.2, 0.25) is 0 Å². The number of nitrogens with one attached hydrogen (secondary N) is 2. The number of nitrogens with zero attached hydrogens (tertiary/aromatic N) is 3. The predicted octanol–water partition coefficient (Wildman–Crippen LogP) is 3.43. The molecule has 1 aromatic heterocycles. The van der Waals surface area contributed by atoms with Crippen LogP contribution in [0.3, 0.4) is 0 Å². The van der Waals surface area contributed by atoms with Crippen LogP contribution in [0, 0.1) is 29.6 Å². The number of aromatic nitrogens is 2. The fraction of sp³-hybridized carbons (Fsp3) is 0.267. The largest absolute Gasteiger partial charge is 0.330 e. The number of Topliss-reactive ketones (excluding diaryl/α,β-unsaturated/α-hetero) is 1. The van der Waals surface area contributed by atoms with Gasteiger partial charge in [-0.3, -0.25) is 4.79 Å². The molecule has 2 N–H and O–H groups in total. The molecular weight excluding hydrogens is 330 g/mol. The van der Waals surface area contributed by atoms with Gasteiger partial charge in [0.25, 0.3) is 0 Å². The SMILES string of the molecule is CC(=N)C(C#N)C(=O)CSc1nnc(Nc2ccccc2C)s1. The molecule has 1 heterocycles. The zero-order chi connectivity index (χ0) is 16.8. The van der Waals surface area contributed by atoms with E-state index in [1.54, 1.807) is 0 Å². The van der Waals surface area contributed by atoms with E-state index in [1.807, 2.05) is 37.3 Å². The lowest BCUT2D eigenvalue weighted by Crippen LogP contribution is -2.21. The maximum atomic E-state index is 11.9. The molecule has 1 atom stereocenters. The van der Waals surface area contributed by atoms with Crippen molar-refractivity contribution in [2.45, 2.75) is 18.2 Å². The molecule has 0 aliphatic rings. The smallest absolute Gasteiger partial charge is 0.210 e. The van der Waals surface area contributed by atoms with Crippen molar-refractivity contribution in [2.24, 2.45) is 5.92 Å². The van der Waals surface area contributed by atoms with Crippen LogP contribution >= 0.6 is 23.1 Å². The molecule has 0 spiro atoms. The molecule has 0 saturated heterocycles. The Hall–Kier alpha value is -2.24. The number of hydrogen-bond donors (Lipinski definition) is 2. The highest BCUT2D eigenvalue weighted by molar-refractivity contribution is 8.01. The standard InChI is InChI=1S/C15H15N5OS2/c1-9-5-3-4-6-12(9)18-14-19-20-15(23-14)22-8-13(21)11(7-16)10(2)17/h3-6,11,17H,8H2,1-2H3,(H,18,19). The third-order valence-electron chi connectivity index (χ3n) is 3.02. The number of carbonyl (C=O) groups excluding carboxylic acids is 1. The van der Waals surface area contributed by atoms with Crippen LogP contribution in [0.1, 0.15) is 12.5 Å². The van der Waals surface area contributed by atoms with E-state index in [0.29, 0.717) is 9.47 Å². The van der Waals surface area contributed by atoms with Crippen LogP contribution in [-0.4, -0.2) is 27.4 Å². The van der Waals surface area contributed by atoms with Gasteiger partial charge < -0.3 is 10.7 Å². The molecular formula is C15H15N5OS2. The normalized spacial score (nSPS) is 11.5. The predicted molar refractivity (Wildman–Crippen MR) is 92.6 cm³/mol. The summed E-state index contributed by atoms with van der Waals surface area (Å²) in [5, 5.41) is 28.2. The first-order chi connectivity index (χ1) is 11.0. The van der Waals surface area contributed by atoms with Gasteiger partial charge in [0.1, 0.15) is 5.92 Å². The summed E-state index contributed by atoms with van der Waals surface area (Å²) >= 11 is 2.58. The van der Waals surface area contributed by atoms with Crippen molar-refractivity contribution in [3.05, 3.63) is 29.8 Å². The average Bonchev–Trinajstić information content (AvgIpc) is 2.95. The van der Waals surface area contributed by atoms with Crippen molar-refractivity contribution in [1.29, 1.82) is 10.7 Å². The number of ketones is 1. The summed E-state index contributed by atoms with van der Waals surface area (Å²) in [6.07, 6.45) is 0. The minimum atomic E-state index is -0.972. The van der Waals surface area contributed by atoms with Crippen LogP contribution < -0.4 is 5.32 Å². The van der Waals surface area contributed by atoms with E-state index in [9.17, 15) is 4.79 Å². The summed E-state index contributed by atoms with van der Waals surface area (Å²) in [5.41, 5.74) is 2.13. The van der Waals surface area contributed by atoms with Crippen LogP contribution in [0.15, 0.2) is 28.6 Å². The number of hydrogen-bond acceptors (Lipinski definition) is 8. The molecule has 0 radical (unpaired) electrons. The lowest BCUT2D eigenvalue weighted by molar-refractivity contribution is -0.117. The molecule has 0 saturated carbocycles. The molecule has 0 aliphatic heterocycles. The first-order valence-corrected chi connectivity index (χ1v) is 8.58. The number of benzene rings is 1. The third-order valence-corrected chi connectivity index (χ3v) is 5.01. The first-order valence-electron chi connectivity index (χ1n) is 6.77. The van der Waals surface area contributed by atoms with Gasteiger partial charge in [-0.25, -0.2) is 0 Å². The summed E-state index contributed by atoms with van der Waals surface area (Å²) in [4.78, 5) is 11.9. The van der Waals surface area contributed by atoms with Gasteiger partial charge >= 0.3 is 0 Å². The van der Waals surface area contributed by atoms with Crippen LogP contribution in [-0.2, 0) is 4.79 Å². The molecule has 0 amide bonds. The third kappa shape index (κ3) is 4.61. The van der Waals surface area contributed by atoms with Gasteiger partial charge in [0.05, 0.1) is 11.8 Å². The highest BCUT2D eigenvalue weighted by Gasteiger charge is 2.20. The summed E-state index contributed by atoms with van der Waals surface area (Å²) in [7, 11) is 0. The molecule has 1 unspecified atom stereocenters. The minimum Gasteiger partial charge on any atom is -0.330 e. The molecule has 23 heavy (non-hydrogen) atoms. The van der Waals surface area contributed by atoms with Crippen molar-refractivity contribution < 1.29 is 4.79 Å². The Balaban J connectivity index is 1.95. The van der Waals surface area contributed by atoms with E-state index in [-0.39, 0.29) is 17.2 Å². The number of anilines is 2. The molecule has 0 aliphatic carbocycles. The van der Waals surface area contributed by atoms with Gasteiger partial charge in [0, 0.05) is 11.4 Å². The number of thioether (sulfide) groups is 1. The summed E-state index contributed by atoms with van der Waals surface area (Å²) < 4.78 is 0.647. The second-order valence-corrected chi connectivity index (χ2v) is 7.01. The topological polar surface area (TPSA) is 103 Å². The number of para-hydroxylation sites is 1. The number of carbonyl (C=O) groups is 1. The monoisotopic (exact) mass is 345 g/mol. The van der Waals surface area contributed by atoms with Crippen molar-refractivity contribution in [2.75, 3.05) is 11.1 Å². The zero-order valence-electron chi connectivity index (χ0n) is 12.7. The maximum Gasteiger partial charge on any atom is 0.210 e. The highest BCUT2D eigenvalue weighted by Crippen LogP contribution is 2.29. The van der Waals surface area contributed by atoms with E-state index in [2.05, 4.69) is 15.5 Å². The Labute approximate surface area is 142 Å². The van der Waals surface area contributed by atoms with Gasteiger partial charge in [-0.1, -0.05) is 41.3 Å². The second kappa shape index (κ2) is 7.85. The van der Waals surface area contributed by atoms with E-state index < -0.39 is 5.92 Å². The highest BCUT2D eigenvalue weighted by atomic mass is 32.2. The van der Waals surface area contributed by atoms with E-state index in [1.165, 1.54) is 30.0 Å². The Kier molecular flexibility index (Phi) is 5.84. The molecule has 1 aromatic carbocycles. The fourth-order valence-corrected chi connectivity index (χ4v) is 3.44. The van der Waals surface area contributed by atoms with Gasteiger partial charge in [0.2, 0.25) is 5.13 Å². The fourth-order valence-electron chi connectivity index (χ4n) is 1.77. The van der Waals surface area contributed by atoms with Crippen molar-refractivity contribution in [1.82, 2.24) is 10.2 Å². The van der Waals surface area contributed by atoms with Gasteiger partial charge in [0.15, 0.2) is 10.1 Å². The van der Waals surface area contributed by atoms with Crippen LogP contribution in [0.25, 0.3) is 0 Å². The quantitative estimate of drug-likeness (QED) is 0.589. The van der Waals surface area contributed by atoms with Gasteiger partial charge in [-0.15, -0.1) is 10.2 Å². The summed E-state index contributed by atoms with van der Waals surface area (Å²) in [6, 6.07) is 9.70. The number of aryl methyl sites for hydroxylation is 1. The maximum absolute atomic E-state index is 11.9. The van der Waals surface area contributed by atoms with Crippen LogP contribution in [0.4, 0.5) is 10.8 Å². The molecule has 0 bridgehead atoms. The Morgan fingerprint density at radius 2 is 2.22 bits per heavy atom. The van der Waals surface area contributed by atoms with Crippen molar-refractivity contribution >= 4 is 45.4 Å². The molecule has 0 fully saturated rings. The molecule has 2 aromatic rings. The lowest BCUT2D eigenvalue weighted by Gasteiger charge is -2.05. The molecule has 118 valence electrons. The Bertz CT molecular complexity index is 765. The van der Waals surface area contributed by atoms with E-state index in [4.69, 9.17) is 10.7 Å². The van der Waals surface area contributed by atoms with Gasteiger partial charge in [-0.2, -0.15) is 5.26 Å². The van der Waals surface area contributed by atoms with Crippen LogP contribution in [0.5, 0.6) is 0 Å². The first kappa shape index (κ1) is 17.1. The van der Waals surface area contributed by atoms with E-state index >= 15 is 0 Å². The lowest BCUT2D eigenvalue weighted by atomic mass is 10.0. The van der Waals surface area contributed by atoms with Gasteiger partial charge in [-0.05, 0) is 25.5 Å². The summed E-state index contributed by atoms with van der Waals surface area (Å²) in [6.45, 7) is 3.46. The Morgan fingerprint density at radius 1 is 1.48 bits per heavy atom. The van der Waals surface area contributed by atoms with Crippen molar-refractivity contribution in [3.63, 3.8) is 0 Å². The minimum absolute atomic E-state index is 0.0669. The molecule has 6 nitrogen and oxygen atoms in total. The zero-order valence-corrected chi connectivity index (χ0v) is 14.3. The summed E-state index contributed by atoms with van der Waals surface area (Å²) in [5.74, 6) is -1.15. The van der Waals surface area contributed by atoms with E-state index in [0.717, 1.165) is 11.3 Å². The average molecular weight is 345 g/mol. The number of rotatable bonds is 7. The Morgan fingerprint density at radius 3 is 2.87 bits per heavy atom. The molecule has 8 heteroatoms.